The Kier molecular flexibility index (Phi) is 7.09. The Labute approximate surface area is 267 Å². The Balaban J connectivity index is 1.34. The summed E-state index contributed by atoms with van der Waals surface area (Å²) >= 11 is 0. The lowest BCUT2D eigenvalue weighted by Crippen LogP contribution is -2.01. The molecule has 0 aliphatic carbocycles. The first-order valence-corrected chi connectivity index (χ1v) is 15.2. The molecule has 8 aromatic rings. The molecular formula is C41H27N5. The van der Waals surface area contributed by atoms with Crippen LogP contribution in [0.4, 0.5) is 0 Å². The van der Waals surface area contributed by atoms with Crippen LogP contribution in [-0.2, 0) is 0 Å². The van der Waals surface area contributed by atoms with Crippen LogP contribution in [-0.4, -0.2) is 24.9 Å². The third kappa shape index (κ3) is 5.53. The average molecular weight is 590 g/mol. The summed E-state index contributed by atoms with van der Waals surface area (Å²) in [6.45, 7) is 0. The molecule has 0 N–H and O–H groups in total. The van der Waals surface area contributed by atoms with Crippen LogP contribution >= 0.6 is 0 Å². The largest absolute Gasteiger partial charge is 0.256 e. The number of hydrogen-bond donors (Lipinski definition) is 0. The first-order valence-electron chi connectivity index (χ1n) is 15.2. The minimum atomic E-state index is 0.579. The molecule has 5 aromatic carbocycles. The van der Waals surface area contributed by atoms with Gasteiger partial charge < -0.3 is 0 Å². The average Bonchev–Trinajstić information content (AvgIpc) is 3.15. The summed E-state index contributed by atoms with van der Waals surface area (Å²) < 4.78 is 0. The van der Waals surface area contributed by atoms with Crippen LogP contribution in [0.3, 0.4) is 0 Å². The van der Waals surface area contributed by atoms with Crippen molar-refractivity contribution >= 4 is 10.8 Å². The standard InChI is InChI=1S/C41H27N5/c1-4-13-28(14-5-1)36-21-12-22-37(43-36)33-23-34(38-26-31-19-10-11-20-32(31)27-42-38)25-35(24-33)41-45-39(29-15-6-2-7-16-29)44-40(46-41)30-17-8-3-9-18-30/h1-27H. The topological polar surface area (TPSA) is 64.5 Å². The number of hydrogen-bond acceptors (Lipinski definition) is 5. The summed E-state index contributed by atoms with van der Waals surface area (Å²) in [5.74, 6) is 1.81. The fraction of sp³-hybridized carbons (Fsp3) is 0. The van der Waals surface area contributed by atoms with Gasteiger partial charge in [-0.25, -0.2) is 19.9 Å². The molecule has 0 spiro atoms. The van der Waals surface area contributed by atoms with Crippen molar-refractivity contribution in [3.8, 4) is 67.9 Å². The highest BCUT2D eigenvalue weighted by Gasteiger charge is 2.16. The molecule has 0 aliphatic rings. The Morgan fingerprint density at radius 1 is 0.283 bits per heavy atom. The molecule has 46 heavy (non-hydrogen) atoms. The zero-order chi connectivity index (χ0) is 30.7. The number of rotatable bonds is 6. The van der Waals surface area contributed by atoms with Crippen LogP contribution < -0.4 is 0 Å². The van der Waals surface area contributed by atoms with Crippen molar-refractivity contribution in [3.05, 3.63) is 164 Å². The van der Waals surface area contributed by atoms with E-state index in [2.05, 4.69) is 54.6 Å². The highest BCUT2D eigenvalue weighted by molar-refractivity contribution is 5.87. The van der Waals surface area contributed by atoms with Gasteiger partial charge in [-0.1, -0.05) is 121 Å². The van der Waals surface area contributed by atoms with Crippen molar-refractivity contribution in [1.29, 1.82) is 0 Å². The maximum absolute atomic E-state index is 5.09. The maximum Gasteiger partial charge on any atom is 0.164 e. The molecular weight excluding hydrogens is 562 g/mol. The summed E-state index contributed by atoms with van der Waals surface area (Å²) in [4.78, 5) is 24.9. The Hall–Kier alpha value is -6.33. The summed E-state index contributed by atoms with van der Waals surface area (Å²) in [7, 11) is 0. The molecule has 0 aliphatic heterocycles. The number of nitrogens with zero attached hydrogens (tertiary/aromatic N) is 5. The van der Waals surface area contributed by atoms with Crippen molar-refractivity contribution in [3.63, 3.8) is 0 Å². The molecule has 0 amide bonds. The normalized spacial score (nSPS) is 11.0. The maximum atomic E-state index is 5.09. The summed E-state index contributed by atoms with van der Waals surface area (Å²) in [6, 6.07) is 53.2. The molecule has 3 heterocycles. The lowest BCUT2D eigenvalue weighted by atomic mass is 9.99. The molecule has 0 unspecified atom stereocenters. The van der Waals surface area contributed by atoms with Crippen LogP contribution in [0, 0.1) is 0 Å². The predicted octanol–water partition coefficient (Wildman–Crippen LogP) is 9.82. The first kappa shape index (κ1) is 27.2. The van der Waals surface area contributed by atoms with E-state index in [1.54, 1.807) is 0 Å². The van der Waals surface area contributed by atoms with Gasteiger partial charge in [0.1, 0.15) is 0 Å². The number of fused-ring (bicyclic) bond motifs is 1. The summed E-state index contributed by atoms with van der Waals surface area (Å²) in [6.07, 6.45) is 1.93. The van der Waals surface area contributed by atoms with Gasteiger partial charge in [0.15, 0.2) is 17.5 Å². The fourth-order valence-corrected chi connectivity index (χ4v) is 5.60. The third-order valence-corrected chi connectivity index (χ3v) is 7.93. The van der Waals surface area contributed by atoms with Gasteiger partial charge in [0, 0.05) is 45.0 Å². The first-order chi connectivity index (χ1) is 22.8. The minimum absolute atomic E-state index is 0.579. The molecule has 0 fully saturated rings. The van der Waals surface area contributed by atoms with Crippen molar-refractivity contribution < 1.29 is 0 Å². The van der Waals surface area contributed by atoms with E-state index in [1.165, 1.54) is 0 Å². The fourth-order valence-electron chi connectivity index (χ4n) is 5.60. The van der Waals surface area contributed by atoms with E-state index in [9.17, 15) is 0 Å². The van der Waals surface area contributed by atoms with Gasteiger partial charge in [-0.2, -0.15) is 0 Å². The van der Waals surface area contributed by atoms with E-state index in [4.69, 9.17) is 24.9 Å². The number of pyridine rings is 2. The second-order valence-electron chi connectivity index (χ2n) is 11.0. The van der Waals surface area contributed by atoms with E-state index in [1.807, 2.05) is 109 Å². The molecule has 8 rings (SSSR count). The Bertz CT molecular complexity index is 2250. The molecule has 3 aromatic heterocycles. The Morgan fingerprint density at radius 3 is 1.35 bits per heavy atom. The van der Waals surface area contributed by atoms with Gasteiger partial charge in [0.2, 0.25) is 0 Å². The van der Waals surface area contributed by atoms with Gasteiger partial charge in [-0.3, -0.25) is 4.98 Å². The molecule has 0 bridgehead atoms. The van der Waals surface area contributed by atoms with Gasteiger partial charge in [0.25, 0.3) is 0 Å². The van der Waals surface area contributed by atoms with Crippen LogP contribution in [0.2, 0.25) is 0 Å². The molecule has 0 saturated heterocycles. The van der Waals surface area contributed by atoms with Crippen LogP contribution in [0.5, 0.6) is 0 Å². The monoisotopic (exact) mass is 589 g/mol. The second-order valence-corrected chi connectivity index (χ2v) is 11.0. The predicted molar refractivity (Wildman–Crippen MR) is 186 cm³/mol. The van der Waals surface area contributed by atoms with Gasteiger partial charge in [-0.05, 0) is 41.8 Å². The van der Waals surface area contributed by atoms with Crippen molar-refractivity contribution in [2.45, 2.75) is 0 Å². The van der Waals surface area contributed by atoms with Crippen molar-refractivity contribution in [2.75, 3.05) is 0 Å². The van der Waals surface area contributed by atoms with E-state index in [0.29, 0.717) is 17.5 Å². The van der Waals surface area contributed by atoms with Crippen molar-refractivity contribution in [1.82, 2.24) is 24.9 Å². The van der Waals surface area contributed by atoms with Crippen LogP contribution in [0.25, 0.3) is 78.7 Å². The molecule has 0 radical (unpaired) electrons. The van der Waals surface area contributed by atoms with Crippen LogP contribution in [0.1, 0.15) is 0 Å². The molecule has 216 valence electrons. The SMILES string of the molecule is c1ccc(-c2cccc(-c3cc(-c4cc5ccccc5cn4)cc(-c4nc(-c5ccccc5)nc(-c5ccccc5)n4)c3)n2)cc1. The quantitative estimate of drug-likeness (QED) is 0.193. The van der Waals surface area contributed by atoms with E-state index in [0.717, 1.165) is 61.2 Å². The minimum Gasteiger partial charge on any atom is -0.256 e. The zero-order valence-electron chi connectivity index (χ0n) is 24.8. The number of aromatic nitrogens is 5. The lowest BCUT2D eigenvalue weighted by Gasteiger charge is -2.13. The number of benzene rings is 5. The molecule has 0 atom stereocenters. The molecule has 5 heteroatoms. The zero-order valence-corrected chi connectivity index (χ0v) is 24.8. The van der Waals surface area contributed by atoms with E-state index >= 15 is 0 Å². The smallest absolute Gasteiger partial charge is 0.164 e. The van der Waals surface area contributed by atoms with E-state index < -0.39 is 0 Å². The van der Waals surface area contributed by atoms with Crippen LogP contribution in [0.15, 0.2) is 164 Å². The van der Waals surface area contributed by atoms with Gasteiger partial charge in [-0.15, -0.1) is 0 Å². The summed E-state index contributed by atoms with van der Waals surface area (Å²) in [5.41, 5.74) is 8.29. The highest BCUT2D eigenvalue weighted by atomic mass is 15.0. The Morgan fingerprint density at radius 2 is 0.739 bits per heavy atom. The molecule has 0 saturated carbocycles. The summed E-state index contributed by atoms with van der Waals surface area (Å²) in [5, 5.41) is 2.22. The van der Waals surface area contributed by atoms with Gasteiger partial charge >= 0.3 is 0 Å². The lowest BCUT2D eigenvalue weighted by molar-refractivity contribution is 1.07. The van der Waals surface area contributed by atoms with Gasteiger partial charge in [0.05, 0.1) is 17.1 Å². The van der Waals surface area contributed by atoms with Crippen molar-refractivity contribution in [2.24, 2.45) is 0 Å². The second kappa shape index (κ2) is 12.0. The molecule has 5 nitrogen and oxygen atoms in total. The highest BCUT2D eigenvalue weighted by Crippen LogP contribution is 2.34. The third-order valence-electron chi connectivity index (χ3n) is 7.93. The van der Waals surface area contributed by atoms with E-state index in [-0.39, 0.29) is 0 Å².